The summed E-state index contributed by atoms with van der Waals surface area (Å²) in [5.74, 6) is -1.79. The molecule has 0 bridgehead atoms. The van der Waals surface area contributed by atoms with Crippen LogP contribution in [0.15, 0.2) is 77.6 Å². The van der Waals surface area contributed by atoms with Crippen molar-refractivity contribution in [3.05, 3.63) is 78.4 Å². The van der Waals surface area contributed by atoms with Gasteiger partial charge < -0.3 is 50.8 Å². The number of hydrogen-bond donors (Lipinski definition) is 7. The predicted molar refractivity (Wildman–Crippen MR) is 218 cm³/mol. The van der Waals surface area contributed by atoms with Gasteiger partial charge in [-0.25, -0.2) is 33.7 Å². The second-order valence-electron chi connectivity index (χ2n) is 13.9. The van der Waals surface area contributed by atoms with Crippen molar-refractivity contribution in [2.24, 2.45) is 0 Å². The zero-order valence-corrected chi connectivity index (χ0v) is 35.5. The first-order valence-corrected chi connectivity index (χ1v) is 22.7. The number of phosphoric ester groups is 2. The summed E-state index contributed by atoms with van der Waals surface area (Å²) in [5.41, 5.74) is 10.9. The Kier molecular flexibility index (Phi) is 15.6. The zero-order chi connectivity index (χ0) is 45.5. The highest BCUT2D eigenvalue weighted by atomic mass is 32.2. The van der Waals surface area contributed by atoms with Gasteiger partial charge in [0.25, 0.3) is 0 Å². The fraction of sp³-hybridized carbons (Fsp3) is 0.429. The lowest BCUT2D eigenvalue weighted by atomic mass is 10.1. The lowest BCUT2D eigenvalue weighted by Crippen LogP contribution is -2.46. The Morgan fingerprint density at radius 1 is 1.02 bits per heavy atom. The van der Waals surface area contributed by atoms with Crippen molar-refractivity contribution >= 4 is 67.2 Å². The lowest BCUT2D eigenvalue weighted by molar-refractivity contribution is -0.160. The summed E-state index contributed by atoms with van der Waals surface area (Å²) in [5, 5.41) is 13.9. The van der Waals surface area contributed by atoms with Gasteiger partial charge in [0.2, 0.25) is 5.91 Å². The Morgan fingerprint density at radius 3 is 2.48 bits per heavy atom. The molecule has 2 aliphatic rings. The number of nitrogens with two attached hydrogens (primary N) is 2. The third-order valence-electron chi connectivity index (χ3n) is 9.45. The molecular weight excluding hydrogens is 896 g/mol. The molecule has 28 heteroatoms. The molecule has 0 radical (unpaired) electrons. The summed E-state index contributed by atoms with van der Waals surface area (Å²) < 4.78 is 60.1. The standard InChI is InChI=1S/C35H43N9O16P2S/c1-2-3-9-25(45)41-20(10-11-27(46)63-19-7-5-4-6-8-19)34(48)59-30-23(58-33(29(30)47)44-18-40-28-31(37)38-17-39-32(28)44)16-56-62(53,54)60-21-14-26(43-13-12-24(36)42-35(43)49)57-22(21)15-55-61(50,51)52/h2,4-8,12-13,17-18,20-23,26,29-30,33,47H,1,3,9-11,14-16H2,(H,41,45)(H,53,54)(H2,36,42,49)(H2,37,38,39)(H2,50,51,52)/t20-,21-,22+,23?,26+,29?,30?,33?/m0/s1. The minimum Gasteiger partial charge on any atom is -0.455 e. The van der Waals surface area contributed by atoms with Gasteiger partial charge in [-0.15, -0.1) is 6.58 Å². The predicted octanol–water partition coefficient (Wildman–Crippen LogP) is 0.867. The average Bonchev–Trinajstić information content (AvgIpc) is 3.92. The maximum atomic E-state index is 13.9. The minimum absolute atomic E-state index is 0.0114. The number of nitrogens with zero attached hydrogens (tertiary/aromatic N) is 6. The number of esters is 1. The third kappa shape index (κ3) is 12.6. The molecule has 2 saturated heterocycles. The number of allylic oxidation sites excluding steroid dienone is 1. The van der Waals surface area contributed by atoms with E-state index in [0.717, 1.165) is 22.7 Å². The summed E-state index contributed by atoms with van der Waals surface area (Å²) in [6, 6.07) is 8.58. The highest BCUT2D eigenvalue weighted by molar-refractivity contribution is 8.13. The number of aliphatic hydroxyl groups excluding tert-OH is 1. The topological polar surface area (TPSA) is 364 Å². The Balaban J connectivity index is 1.22. The summed E-state index contributed by atoms with van der Waals surface area (Å²) in [7, 11) is -10.3. The Bertz CT molecular complexity index is 2440. The number of benzene rings is 1. The molecule has 6 rings (SSSR count). The molecule has 63 heavy (non-hydrogen) atoms. The van der Waals surface area contributed by atoms with Crippen molar-refractivity contribution in [3.63, 3.8) is 0 Å². The van der Waals surface area contributed by atoms with Crippen molar-refractivity contribution in [3.8, 4) is 0 Å². The first-order valence-electron chi connectivity index (χ1n) is 18.9. The van der Waals surface area contributed by atoms with Crippen LogP contribution in [0.4, 0.5) is 11.6 Å². The number of anilines is 2. The van der Waals surface area contributed by atoms with E-state index in [4.69, 9.17) is 34.7 Å². The largest absolute Gasteiger partial charge is 0.472 e. The van der Waals surface area contributed by atoms with Crippen LogP contribution >= 0.6 is 27.4 Å². The van der Waals surface area contributed by atoms with Crippen LogP contribution in [0.5, 0.6) is 0 Å². The number of fused-ring (bicyclic) bond motifs is 1. The van der Waals surface area contributed by atoms with Gasteiger partial charge in [0.15, 0.2) is 28.9 Å². The maximum absolute atomic E-state index is 13.9. The fourth-order valence-electron chi connectivity index (χ4n) is 6.50. The molecule has 3 aromatic heterocycles. The van der Waals surface area contributed by atoms with Crippen LogP contribution in [0.2, 0.25) is 0 Å². The number of aromatic nitrogens is 6. The fourth-order valence-corrected chi connectivity index (χ4v) is 8.58. The number of carbonyl (C=O) groups is 3. The number of hydrogen-bond acceptors (Lipinski definition) is 20. The van der Waals surface area contributed by atoms with E-state index in [2.05, 4.69) is 36.4 Å². The monoisotopic (exact) mass is 939 g/mol. The van der Waals surface area contributed by atoms with Gasteiger partial charge in [-0.3, -0.25) is 32.3 Å². The van der Waals surface area contributed by atoms with E-state index >= 15 is 0 Å². The average molecular weight is 940 g/mol. The van der Waals surface area contributed by atoms with Gasteiger partial charge in [0, 0.05) is 30.4 Å². The molecule has 9 atom stereocenters. The molecule has 9 N–H and O–H groups in total. The van der Waals surface area contributed by atoms with Crippen LogP contribution in [-0.4, -0.2) is 116 Å². The molecule has 5 unspecified atom stereocenters. The number of rotatable bonds is 20. The van der Waals surface area contributed by atoms with Crippen molar-refractivity contribution in [2.45, 2.75) is 86.0 Å². The van der Waals surface area contributed by atoms with Gasteiger partial charge in [-0.2, -0.15) is 4.98 Å². The van der Waals surface area contributed by atoms with Crippen LogP contribution in [0, 0.1) is 0 Å². The molecule has 5 heterocycles. The number of thioether (sulfide) groups is 1. The molecule has 0 saturated carbocycles. The molecular formula is C35H43N9O16P2S. The summed E-state index contributed by atoms with van der Waals surface area (Å²) in [4.78, 5) is 98.3. The summed E-state index contributed by atoms with van der Waals surface area (Å²) in [6.45, 7) is 1.80. The lowest BCUT2D eigenvalue weighted by Gasteiger charge is -2.25. The van der Waals surface area contributed by atoms with E-state index in [-0.39, 0.29) is 60.0 Å². The van der Waals surface area contributed by atoms with Crippen molar-refractivity contribution in [1.29, 1.82) is 0 Å². The summed E-state index contributed by atoms with van der Waals surface area (Å²) >= 11 is 0.933. The van der Waals surface area contributed by atoms with Gasteiger partial charge in [-0.05, 0) is 31.0 Å². The van der Waals surface area contributed by atoms with Gasteiger partial charge in [-0.1, -0.05) is 36.0 Å². The number of phosphoric acid groups is 2. The van der Waals surface area contributed by atoms with E-state index in [1.807, 2.05) is 0 Å². The number of nitrogens with one attached hydrogen (secondary N) is 1. The van der Waals surface area contributed by atoms with Crippen LogP contribution in [0.3, 0.4) is 0 Å². The number of carbonyl (C=O) groups excluding carboxylic acids is 3. The number of aliphatic hydroxyl groups is 1. The second-order valence-corrected chi connectivity index (χ2v) is 17.7. The Labute approximate surface area is 361 Å². The van der Waals surface area contributed by atoms with Crippen LogP contribution in [-0.2, 0) is 51.3 Å². The van der Waals surface area contributed by atoms with Gasteiger partial charge in [0.1, 0.15) is 54.3 Å². The molecule has 0 aliphatic carbocycles. The van der Waals surface area contributed by atoms with Crippen molar-refractivity contribution in [1.82, 2.24) is 34.4 Å². The van der Waals surface area contributed by atoms with Gasteiger partial charge in [0.05, 0.1) is 19.5 Å². The minimum atomic E-state index is -5.26. The number of imidazole rings is 1. The molecule has 2 fully saturated rings. The van der Waals surface area contributed by atoms with E-state index in [1.54, 1.807) is 30.3 Å². The maximum Gasteiger partial charge on any atom is 0.472 e. The zero-order valence-electron chi connectivity index (χ0n) is 32.9. The Hall–Kier alpha value is -4.95. The molecule has 4 aromatic rings. The SMILES string of the molecule is C=CCCC(=O)N[C@@H](CCC(=O)Sc1ccccc1)C(=O)OC1C(COP(=O)(O)O[C@H]2C[C@H](n3ccc(N)nc3=O)O[C@@H]2COP(=O)(O)O)OC(n2cnc3c(N)ncnc32)C1O. The molecule has 1 aromatic carbocycles. The Morgan fingerprint density at radius 2 is 1.76 bits per heavy atom. The smallest absolute Gasteiger partial charge is 0.455 e. The first-order chi connectivity index (χ1) is 29.9. The van der Waals surface area contributed by atoms with E-state index in [0.29, 0.717) is 4.90 Å². The highest BCUT2D eigenvalue weighted by Gasteiger charge is 2.50. The van der Waals surface area contributed by atoms with Crippen LogP contribution in [0.25, 0.3) is 11.2 Å². The van der Waals surface area contributed by atoms with E-state index in [9.17, 15) is 48.1 Å². The number of amides is 1. The van der Waals surface area contributed by atoms with Crippen molar-refractivity contribution < 1.29 is 71.1 Å². The van der Waals surface area contributed by atoms with Crippen LogP contribution in [0.1, 0.15) is 44.6 Å². The highest BCUT2D eigenvalue weighted by Crippen LogP contribution is 2.50. The van der Waals surface area contributed by atoms with Crippen LogP contribution < -0.4 is 22.5 Å². The first kappa shape index (κ1) is 47.5. The molecule has 0 spiro atoms. The molecule has 2 aliphatic heterocycles. The van der Waals surface area contributed by atoms with E-state index in [1.165, 1.54) is 29.2 Å². The number of ether oxygens (including phenoxy) is 3. The van der Waals surface area contributed by atoms with Crippen molar-refractivity contribution in [2.75, 3.05) is 24.7 Å². The van der Waals surface area contributed by atoms with Gasteiger partial charge >= 0.3 is 27.3 Å². The second kappa shape index (κ2) is 20.7. The molecule has 340 valence electrons. The van der Waals surface area contributed by atoms with E-state index < -0.39 is 95.4 Å². The third-order valence-corrected chi connectivity index (χ3v) is 11.9. The molecule has 25 nitrogen and oxygen atoms in total. The normalized spacial score (nSPS) is 23.8. The molecule has 1 amide bonds. The summed E-state index contributed by atoms with van der Waals surface area (Å²) in [6.07, 6.45) is -6.19. The number of nitrogen functional groups attached to an aromatic ring is 2. The quantitative estimate of drug-likeness (QED) is 0.0280.